The molecule has 1 amide bonds. The van der Waals surface area contributed by atoms with Crippen LogP contribution in [-0.2, 0) is 16.0 Å². The number of nitrogens with two attached hydrogens (primary N) is 1. The maximum absolute atomic E-state index is 12.3. The normalized spacial score (nSPS) is 10.5. The number of likely N-dealkylation sites (N-methyl/N-ethyl adjacent to an activating group) is 1. The smallest absolute Gasteiger partial charge is 0.337 e. The number of rotatable bonds is 9. The average Bonchev–Trinajstić information content (AvgIpc) is 2.48. The molecule has 6 heteroatoms. The Labute approximate surface area is 130 Å². The van der Waals surface area contributed by atoms with Crippen LogP contribution in [0.3, 0.4) is 0 Å². The van der Waals surface area contributed by atoms with Gasteiger partial charge >= 0.3 is 5.97 Å². The first-order valence-electron chi connectivity index (χ1n) is 7.49. The fourth-order valence-electron chi connectivity index (χ4n) is 2.17. The van der Waals surface area contributed by atoms with Gasteiger partial charge in [0.05, 0.1) is 11.3 Å². The number of ether oxygens (including phenoxy) is 1. The van der Waals surface area contributed by atoms with Gasteiger partial charge in [0.2, 0.25) is 0 Å². The molecule has 0 aliphatic rings. The number of hydrogen-bond donors (Lipinski definition) is 2. The minimum Gasteiger partial charge on any atom is -0.478 e. The van der Waals surface area contributed by atoms with Crippen LogP contribution in [-0.4, -0.2) is 43.3 Å². The van der Waals surface area contributed by atoms with Gasteiger partial charge in [0.25, 0.3) is 5.91 Å². The molecule has 0 saturated carbocycles. The van der Waals surface area contributed by atoms with Crippen molar-refractivity contribution in [2.24, 2.45) is 5.73 Å². The van der Waals surface area contributed by atoms with E-state index in [9.17, 15) is 14.7 Å². The maximum atomic E-state index is 12.3. The highest BCUT2D eigenvalue weighted by Crippen LogP contribution is 2.23. The minimum absolute atomic E-state index is 0.0537. The molecule has 0 aliphatic carbocycles. The third-order valence-electron chi connectivity index (χ3n) is 3.21. The molecule has 6 nitrogen and oxygen atoms in total. The topological polar surface area (TPSA) is 92.9 Å². The molecule has 122 valence electrons. The molecular formula is C16H24N2O4. The molecule has 0 radical (unpaired) electrons. The molecule has 1 aromatic rings. The van der Waals surface area contributed by atoms with Gasteiger partial charge < -0.3 is 20.5 Å². The van der Waals surface area contributed by atoms with E-state index in [1.807, 2.05) is 6.92 Å². The van der Waals surface area contributed by atoms with E-state index in [0.29, 0.717) is 31.8 Å². The van der Waals surface area contributed by atoms with Crippen LogP contribution in [0.5, 0.6) is 0 Å². The van der Waals surface area contributed by atoms with Crippen LogP contribution < -0.4 is 10.6 Å². The lowest BCUT2D eigenvalue weighted by molar-refractivity contribution is -0.123. The van der Waals surface area contributed by atoms with Crippen molar-refractivity contribution < 1.29 is 19.4 Å². The second-order valence-corrected chi connectivity index (χ2v) is 4.89. The molecule has 0 atom stereocenters. The summed E-state index contributed by atoms with van der Waals surface area (Å²) in [6, 6.07) is 4.97. The summed E-state index contributed by atoms with van der Waals surface area (Å²) in [5, 5.41) is 9.33. The molecule has 0 bridgehead atoms. The third-order valence-corrected chi connectivity index (χ3v) is 3.21. The molecule has 1 aromatic carbocycles. The Morgan fingerprint density at radius 2 is 2.05 bits per heavy atom. The second-order valence-electron chi connectivity index (χ2n) is 4.89. The van der Waals surface area contributed by atoms with Gasteiger partial charge in [-0.2, -0.15) is 0 Å². The summed E-state index contributed by atoms with van der Waals surface area (Å²) in [7, 11) is 0. The van der Waals surface area contributed by atoms with Crippen LogP contribution in [0, 0.1) is 0 Å². The van der Waals surface area contributed by atoms with Crippen LogP contribution in [0.2, 0.25) is 0 Å². The van der Waals surface area contributed by atoms with Crippen molar-refractivity contribution in [1.82, 2.24) is 0 Å². The highest BCUT2D eigenvalue weighted by molar-refractivity contribution is 6.02. The fourth-order valence-corrected chi connectivity index (χ4v) is 2.17. The van der Waals surface area contributed by atoms with E-state index in [1.165, 1.54) is 11.0 Å². The highest BCUT2D eigenvalue weighted by atomic mass is 16.5. The Kier molecular flexibility index (Phi) is 7.56. The zero-order valence-electron chi connectivity index (χ0n) is 13.2. The van der Waals surface area contributed by atoms with Gasteiger partial charge in [0.1, 0.15) is 6.61 Å². The number of aromatic carboxylic acids is 1. The number of benzene rings is 1. The molecule has 3 N–H and O–H groups in total. The lowest BCUT2D eigenvalue weighted by atomic mass is 10.1. The first-order valence-corrected chi connectivity index (χ1v) is 7.49. The quantitative estimate of drug-likeness (QED) is 0.677. The lowest BCUT2D eigenvalue weighted by Crippen LogP contribution is -2.35. The van der Waals surface area contributed by atoms with Crippen molar-refractivity contribution in [3.63, 3.8) is 0 Å². The zero-order valence-corrected chi connectivity index (χ0v) is 13.2. The summed E-state index contributed by atoms with van der Waals surface area (Å²) < 4.78 is 5.27. The molecule has 22 heavy (non-hydrogen) atoms. The van der Waals surface area contributed by atoms with Crippen LogP contribution >= 0.6 is 0 Å². The van der Waals surface area contributed by atoms with Crippen LogP contribution in [0.1, 0.15) is 36.2 Å². The number of amides is 1. The van der Waals surface area contributed by atoms with Gasteiger partial charge in [0.15, 0.2) is 0 Å². The van der Waals surface area contributed by atoms with E-state index in [1.54, 1.807) is 19.1 Å². The van der Waals surface area contributed by atoms with Crippen molar-refractivity contribution in [1.29, 1.82) is 0 Å². The largest absolute Gasteiger partial charge is 0.478 e. The summed E-state index contributed by atoms with van der Waals surface area (Å²) in [5.41, 5.74) is 6.94. The third kappa shape index (κ3) is 4.82. The molecule has 0 unspecified atom stereocenters. The molecule has 0 aromatic heterocycles. The molecule has 0 heterocycles. The van der Waals surface area contributed by atoms with Gasteiger partial charge in [-0.3, -0.25) is 4.79 Å². The Morgan fingerprint density at radius 1 is 1.32 bits per heavy atom. The molecule has 0 aliphatic heterocycles. The number of nitrogens with zero attached hydrogens (tertiary/aromatic N) is 1. The van der Waals surface area contributed by atoms with E-state index in [4.69, 9.17) is 10.5 Å². The minimum atomic E-state index is -1.06. The van der Waals surface area contributed by atoms with Gasteiger partial charge in [-0.1, -0.05) is 13.0 Å². The monoisotopic (exact) mass is 308 g/mol. The standard InChI is InChI=1S/C16H24N2O4/c1-3-9-22-11-15(19)18(4-2)14-10-12(7-8-17)5-6-13(14)16(20)21/h5-6,10H,3-4,7-9,11,17H2,1-2H3,(H,20,21). The first-order chi connectivity index (χ1) is 10.5. The molecule has 0 spiro atoms. The van der Waals surface area contributed by atoms with E-state index < -0.39 is 5.97 Å². The van der Waals surface area contributed by atoms with Crippen LogP contribution in [0.4, 0.5) is 5.69 Å². The highest BCUT2D eigenvalue weighted by Gasteiger charge is 2.20. The van der Waals surface area contributed by atoms with Crippen molar-refractivity contribution in [2.45, 2.75) is 26.7 Å². The Bertz CT molecular complexity index is 517. The number of carboxylic acids is 1. The van der Waals surface area contributed by atoms with Crippen LogP contribution in [0.15, 0.2) is 18.2 Å². The number of carboxylic acid groups (broad SMARTS) is 1. The van der Waals surface area contributed by atoms with Crippen molar-refractivity contribution in [2.75, 3.05) is 31.2 Å². The van der Waals surface area contributed by atoms with Gasteiger partial charge in [0, 0.05) is 13.2 Å². The number of carbonyl (C=O) groups excluding carboxylic acids is 1. The SMILES string of the molecule is CCCOCC(=O)N(CC)c1cc(CCN)ccc1C(=O)O. The average molecular weight is 308 g/mol. The summed E-state index contributed by atoms with van der Waals surface area (Å²) in [5.74, 6) is -1.31. The Balaban J connectivity index is 3.08. The maximum Gasteiger partial charge on any atom is 0.337 e. The summed E-state index contributed by atoms with van der Waals surface area (Å²) in [6.45, 7) is 5.05. The van der Waals surface area contributed by atoms with Crippen molar-refractivity contribution >= 4 is 17.6 Å². The van der Waals surface area contributed by atoms with E-state index in [-0.39, 0.29) is 18.1 Å². The number of carbonyl (C=O) groups is 2. The number of hydrogen-bond acceptors (Lipinski definition) is 4. The van der Waals surface area contributed by atoms with Gasteiger partial charge in [-0.25, -0.2) is 4.79 Å². The summed E-state index contributed by atoms with van der Waals surface area (Å²) in [6.07, 6.45) is 1.46. The lowest BCUT2D eigenvalue weighted by Gasteiger charge is -2.23. The second kappa shape index (κ2) is 9.17. The molecule has 0 saturated heterocycles. The van der Waals surface area contributed by atoms with Crippen molar-refractivity contribution in [3.8, 4) is 0 Å². The predicted molar refractivity (Wildman–Crippen MR) is 85.3 cm³/mol. The van der Waals surface area contributed by atoms with E-state index >= 15 is 0 Å². The number of anilines is 1. The van der Waals surface area contributed by atoms with Crippen molar-refractivity contribution in [3.05, 3.63) is 29.3 Å². The fraction of sp³-hybridized carbons (Fsp3) is 0.500. The first kappa shape index (κ1) is 18.1. The predicted octanol–water partition coefficient (Wildman–Crippen LogP) is 1.67. The summed E-state index contributed by atoms with van der Waals surface area (Å²) in [4.78, 5) is 25.1. The zero-order chi connectivity index (χ0) is 16.5. The van der Waals surface area contributed by atoms with Crippen LogP contribution in [0.25, 0.3) is 0 Å². The Morgan fingerprint density at radius 3 is 2.59 bits per heavy atom. The molecule has 0 fully saturated rings. The molecule has 1 rings (SSSR count). The van der Waals surface area contributed by atoms with Gasteiger partial charge in [-0.15, -0.1) is 0 Å². The molecular weight excluding hydrogens is 284 g/mol. The summed E-state index contributed by atoms with van der Waals surface area (Å²) >= 11 is 0. The van der Waals surface area contributed by atoms with E-state index in [0.717, 1.165) is 12.0 Å². The van der Waals surface area contributed by atoms with Gasteiger partial charge in [-0.05, 0) is 44.0 Å². The van der Waals surface area contributed by atoms with E-state index in [2.05, 4.69) is 0 Å². The Hall–Kier alpha value is -1.92.